The molecule has 0 aliphatic rings. The second-order valence-electron chi connectivity index (χ2n) is 5.37. The summed E-state index contributed by atoms with van der Waals surface area (Å²) in [5, 5.41) is 1.50. The zero-order valence-corrected chi connectivity index (χ0v) is 13.6. The van der Waals surface area contributed by atoms with Gasteiger partial charge in [-0.1, -0.05) is 6.07 Å². The number of aryl methyl sites for hydroxylation is 2. The molecule has 2 aromatic carbocycles. The zero-order chi connectivity index (χ0) is 19.6. The van der Waals surface area contributed by atoms with Crippen LogP contribution in [0.15, 0.2) is 18.2 Å². The SMILES string of the molecule is Cc1ccc(C(=O)OCC(=O)Nc2c(F)c(F)c(F)c(F)c2F)cc1C. The fourth-order valence-electron chi connectivity index (χ4n) is 1.97. The van der Waals surface area contributed by atoms with E-state index >= 15 is 0 Å². The van der Waals surface area contributed by atoms with Gasteiger partial charge < -0.3 is 10.1 Å². The first-order valence-electron chi connectivity index (χ1n) is 7.19. The third kappa shape index (κ3) is 3.81. The largest absolute Gasteiger partial charge is 0.452 e. The summed E-state index contributed by atoms with van der Waals surface area (Å²) in [6.07, 6.45) is 0. The summed E-state index contributed by atoms with van der Waals surface area (Å²) >= 11 is 0. The van der Waals surface area contributed by atoms with Crippen molar-refractivity contribution in [3.63, 3.8) is 0 Å². The molecule has 9 heteroatoms. The second kappa shape index (κ2) is 7.51. The van der Waals surface area contributed by atoms with Crippen molar-refractivity contribution in [2.45, 2.75) is 13.8 Å². The highest BCUT2D eigenvalue weighted by Crippen LogP contribution is 2.27. The minimum atomic E-state index is -2.35. The normalized spacial score (nSPS) is 10.6. The van der Waals surface area contributed by atoms with Crippen LogP contribution in [0.4, 0.5) is 27.6 Å². The highest BCUT2D eigenvalue weighted by molar-refractivity contribution is 5.95. The van der Waals surface area contributed by atoms with Crippen LogP contribution in [0, 0.1) is 42.9 Å². The molecule has 0 saturated heterocycles. The van der Waals surface area contributed by atoms with Gasteiger partial charge in [-0.3, -0.25) is 4.79 Å². The van der Waals surface area contributed by atoms with Crippen molar-refractivity contribution in [2.75, 3.05) is 11.9 Å². The van der Waals surface area contributed by atoms with Crippen molar-refractivity contribution >= 4 is 17.6 Å². The van der Waals surface area contributed by atoms with Gasteiger partial charge in [-0.2, -0.15) is 0 Å². The van der Waals surface area contributed by atoms with Crippen LogP contribution in [-0.2, 0) is 9.53 Å². The van der Waals surface area contributed by atoms with E-state index in [1.807, 2.05) is 6.92 Å². The van der Waals surface area contributed by atoms with Gasteiger partial charge in [0.1, 0.15) is 5.69 Å². The molecule has 0 saturated carbocycles. The molecule has 0 unspecified atom stereocenters. The standard InChI is InChI=1S/C17H12F5NO3/c1-7-3-4-9(5-8(7)2)17(25)26-6-10(24)23-16-14(21)12(19)11(18)13(20)15(16)22/h3-5H,6H2,1-2H3,(H,23,24). The van der Waals surface area contributed by atoms with Crippen LogP contribution in [0.2, 0.25) is 0 Å². The zero-order valence-electron chi connectivity index (χ0n) is 13.6. The lowest BCUT2D eigenvalue weighted by Gasteiger charge is -2.10. The molecule has 0 aromatic heterocycles. The number of nitrogens with one attached hydrogen (secondary N) is 1. The molecule has 0 aliphatic carbocycles. The number of esters is 1. The van der Waals surface area contributed by atoms with Gasteiger partial charge in [-0.25, -0.2) is 26.7 Å². The van der Waals surface area contributed by atoms with Gasteiger partial charge in [-0.15, -0.1) is 0 Å². The fourth-order valence-corrected chi connectivity index (χ4v) is 1.97. The van der Waals surface area contributed by atoms with Crippen LogP contribution in [0.25, 0.3) is 0 Å². The lowest BCUT2D eigenvalue weighted by atomic mass is 10.1. The fraction of sp³-hybridized carbons (Fsp3) is 0.176. The maximum Gasteiger partial charge on any atom is 0.338 e. The number of carbonyl (C=O) groups excluding carboxylic acids is 2. The number of hydrogen-bond acceptors (Lipinski definition) is 3. The number of halogens is 5. The number of anilines is 1. The first kappa shape index (κ1) is 19.4. The summed E-state index contributed by atoms with van der Waals surface area (Å²) in [6, 6.07) is 4.62. The minimum absolute atomic E-state index is 0.136. The summed E-state index contributed by atoms with van der Waals surface area (Å²) in [5.74, 6) is -13.3. The van der Waals surface area contributed by atoms with Crippen molar-refractivity contribution in [2.24, 2.45) is 0 Å². The van der Waals surface area contributed by atoms with Crippen LogP contribution in [0.5, 0.6) is 0 Å². The molecule has 0 bridgehead atoms. The Kier molecular flexibility index (Phi) is 5.59. The molecule has 0 atom stereocenters. The maximum absolute atomic E-state index is 13.5. The predicted octanol–water partition coefficient (Wildman–Crippen LogP) is 3.79. The van der Waals surface area contributed by atoms with E-state index in [0.29, 0.717) is 0 Å². The second-order valence-corrected chi connectivity index (χ2v) is 5.37. The van der Waals surface area contributed by atoms with Gasteiger partial charge in [-0.05, 0) is 37.1 Å². The molecule has 0 radical (unpaired) electrons. The average molecular weight is 373 g/mol. The van der Waals surface area contributed by atoms with E-state index in [1.165, 1.54) is 17.4 Å². The summed E-state index contributed by atoms with van der Waals surface area (Å²) in [4.78, 5) is 23.5. The quantitative estimate of drug-likeness (QED) is 0.384. The average Bonchev–Trinajstić information content (AvgIpc) is 2.62. The molecule has 26 heavy (non-hydrogen) atoms. The van der Waals surface area contributed by atoms with Gasteiger partial charge >= 0.3 is 5.97 Å². The van der Waals surface area contributed by atoms with E-state index < -0.39 is 53.3 Å². The Morgan fingerprint density at radius 1 is 0.885 bits per heavy atom. The molecule has 0 heterocycles. The van der Waals surface area contributed by atoms with E-state index in [1.54, 1.807) is 13.0 Å². The van der Waals surface area contributed by atoms with Crippen molar-refractivity contribution in [3.05, 3.63) is 64.0 Å². The molecule has 138 valence electrons. The van der Waals surface area contributed by atoms with Crippen molar-refractivity contribution < 1.29 is 36.3 Å². The van der Waals surface area contributed by atoms with Crippen LogP contribution < -0.4 is 5.32 Å². The van der Waals surface area contributed by atoms with E-state index in [-0.39, 0.29) is 5.56 Å². The highest BCUT2D eigenvalue weighted by Gasteiger charge is 2.27. The smallest absolute Gasteiger partial charge is 0.338 e. The van der Waals surface area contributed by atoms with Gasteiger partial charge in [0.2, 0.25) is 5.82 Å². The Labute approximate surface area is 144 Å². The van der Waals surface area contributed by atoms with Gasteiger partial charge in [0.25, 0.3) is 5.91 Å². The predicted molar refractivity (Wildman–Crippen MR) is 81.1 cm³/mol. The Hall–Kier alpha value is -2.97. The first-order chi connectivity index (χ1) is 12.1. The number of carbonyl (C=O) groups is 2. The van der Waals surface area contributed by atoms with Crippen LogP contribution in [0.1, 0.15) is 21.5 Å². The summed E-state index contributed by atoms with van der Waals surface area (Å²) in [5.41, 5.74) is 0.335. The highest BCUT2D eigenvalue weighted by atomic mass is 19.2. The van der Waals surface area contributed by atoms with Crippen molar-refractivity contribution in [1.82, 2.24) is 0 Å². The molecule has 0 aliphatic heterocycles. The van der Waals surface area contributed by atoms with Crippen LogP contribution >= 0.6 is 0 Å². The van der Waals surface area contributed by atoms with Gasteiger partial charge in [0.15, 0.2) is 29.9 Å². The topological polar surface area (TPSA) is 55.4 Å². The lowest BCUT2D eigenvalue weighted by Crippen LogP contribution is -2.23. The number of hydrogen-bond donors (Lipinski definition) is 1. The van der Waals surface area contributed by atoms with Crippen molar-refractivity contribution in [1.29, 1.82) is 0 Å². The van der Waals surface area contributed by atoms with Gasteiger partial charge in [0, 0.05) is 0 Å². The summed E-state index contributed by atoms with van der Waals surface area (Å²) < 4.78 is 70.6. The monoisotopic (exact) mass is 373 g/mol. The first-order valence-corrected chi connectivity index (χ1v) is 7.19. The number of ether oxygens (including phenoxy) is 1. The lowest BCUT2D eigenvalue weighted by molar-refractivity contribution is -0.119. The number of amides is 1. The third-order valence-corrected chi connectivity index (χ3v) is 3.55. The molecular formula is C17H12F5NO3. The molecule has 4 nitrogen and oxygen atoms in total. The molecule has 0 fully saturated rings. The van der Waals surface area contributed by atoms with E-state index in [4.69, 9.17) is 0 Å². The minimum Gasteiger partial charge on any atom is -0.452 e. The Balaban J connectivity index is 2.08. The Morgan fingerprint density at radius 2 is 1.42 bits per heavy atom. The maximum atomic E-state index is 13.5. The van der Waals surface area contributed by atoms with Crippen LogP contribution in [-0.4, -0.2) is 18.5 Å². The molecular weight excluding hydrogens is 361 g/mol. The van der Waals surface area contributed by atoms with Crippen molar-refractivity contribution in [3.8, 4) is 0 Å². The molecule has 0 spiro atoms. The molecule has 1 amide bonds. The van der Waals surface area contributed by atoms with Crippen LogP contribution in [0.3, 0.4) is 0 Å². The Morgan fingerprint density at radius 3 is 1.96 bits per heavy atom. The Bertz CT molecular complexity index is 869. The van der Waals surface area contributed by atoms with E-state index in [2.05, 4.69) is 4.74 Å². The van der Waals surface area contributed by atoms with Gasteiger partial charge in [0.05, 0.1) is 5.56 Å². The van der Waals surface area contributed by atoms with E-state index in [0.717, 1.165) is 11.1 Å². The summed E-state index contributed by atoms with van der Waals surface area (Å²) in [6.45, 7) is 2.59. The third-order valence-electron chi connectivity index (χ3n) is 3.55. The molecule has 2 rings (SSSR count). The summed E-state index contributed by atoms with van der Waals surface area (Å²) in [7, 11) is 0. The van der Waals surface area contributed by atoms with E-state index in [9.17, 15) is 31.5 Å². The number of benzene rings is 2. The molecule has 1 N–H and O–H groups in total. The molecule has 2 aromatic rings. The number of rotatable bonds is 4.